The van der Waals surface area contributed by atoms with Gasteiger partial charge in [0.05, 0.1) is 6.61 Å². The van der Waals surface area contributed by atoms with Gasteiger partial charge in [0.1, 0.15) is 0 Å². The number of methoxy groups -OCH3 is 1. The van der Waals surface area contributed by atoms with Crippen LogP contribution in [0.15, 0.2) is 24.3 Å². The lowest BCUT2D eigenvalue weighted by Gasteiger charge is -2.33. The molecule has 2 unspecified atom stereocenters. The van der Waals surface area contributed by atoms with Gasteiger partial charge >= 0.3 is 0 Å². The van der Waals surface area contributed by atoms with Crippen LogP contribution < -0.4 is 5.32 Å². The smallest absolute Gasteiger partial charge is 0.0553 e. The van der Waals surface area contributed by atoms with Gasteiger partial charge in [-0.1, -0.05) is 24.3 Å². The van der Waals surface area contributed by atoms with Gasteiger partial charge in [-0.2, -0.15) is 11.8 Å². The lowest BCUT2D eigenvalue weighted by atomic mass is 9.87. The third-order valence-corrected chi connectivity index (χ3v) is 4.73. The molecule has 2 atom stereocenters. The molecule has 0 bridgehead atoms. The molecule has 94 valence electrons. The first-order chi connectivity index (χ1) is 8.36. The summed E-state index contributed by atoms with van der Waals surface area (Å²) in [6, 6.07) is 9.30. The molecular weight excluding hydrogens is 230 g/mol. The van der Waals surface area contributed by atoms with Crippen LogP contribution >= 0.6 is 11.8 Å². The van der Waals surface area contributed by atoms with Crippen LogP contribution in [0.4, 0.5) is 0 Å². The van der Waals surface area contributed by atoms with Crippen molar-refractivity contribution in [3.8, 4) is 0 Å². The predicted octanol–water partition coefficient (Wildman–Crippen LogP) is 2.64. The molecule has 0 aromatic heterocycles. The van der Waals surface area contributed by atoms with Gasteiger partial charge in [0.25, 0.3) is 0 Å². The van der Waals surface area contributed by atoms with Crippen molar-refractivity contribution in [2.45, 2.75) is 24.1 Å². The normalized spacial score (nSPS) is 23.4. The van der Waals surface area contributed by atoms with E-state index < -0.39 is 0 Å². The van der Waals surface area contributed by atoms with Crippen molar-refractivity contribution in [1.29, 1.82) is 0 Å². The van der Waals surface area contributed by atoms with Crippen molar-refractivity contribution in [3.05, 3.63) is 35.4 Å². The molecule has 2 nitrogen and oxygen atoms in total. The van der Waals surface area contributed by atoms with E-state index in [1.54, 1.807) is 7.11 Å². The summed E-state index contributed by atoms with van der Waals surface area (Å²) in [5.41, 5.74) is 2.99. The van der Waals surface area contributed by atoms with E-state index in [-0.39, 0.29) is 0 Å². The molecule has 17 heavy (non-hydrogen) atoms. The van der Waals surface area contributed by atoms with Gasteiger partial charge < -0.3 is 10.1 Å². The Morgan fingerprint density at radius 1 is 1.41 bits per heavy atom. The van der Waals surface area contributed by atoms with Crippen molar-refractivity contribution in [3.63, 3.8) is 0 Å². The monoisotopic (exact) mass is 251 g/mol. The summed E-state index contributed by atoms with van der Waals surface area (Å²) in [5.74, 6) is 1.08. The maximum Gasteiger partial charge on any atom is 0.0553 e. The van der Waals surface area contributed by atoms with Crippen LogP contribution in [-0.2, 0) is 11.2 Å². The summed E-state index contributed by atoms with van der Waals surface area (Å²) >= 11 is 2.03. The van der Waals surface area contributed by atoms with Crippen LogP contribution in [-0.4, -0.2) is 31.8 Å². The summed E-state index contributed by atoms with van der Waals surface area (Å²) < 4.78 is 5.13. The fraction of sp³-hybridized carbons (Fsp3) is 0.571. The lowest BCUT2D eigenvalue weighted by Crippen LogP contribution is -2.32. The molecular formula is C14H21NOS. The quantitative estimate of drug-likeness (QED) is 0.813. The molecule has 0 saturated heterocycles. The van der Waals surface area contributed by atoms with Gasteiger partial charge in [-0.25, -0.2) is 0 Å². The Balaban J connectivity index is 2.06. The van der Waals surface area contributed by atoms with Crippen LogP contribution in [0, 0.1) is 0 Å². The van der Waals surface area contributed by atoms with Crippen LogP contribution in [0.1, 0.15) is 23.6 Å². The second-order valence-electron chi connectivity index (χ2n) is 4.41. The van der Waals surface area contributed by atoms with Gasteiger partial charge in [-0.3, -0.25) is 0 Å². The summed E-state index contributed by atoms with van der Waals surface area (Å²) in [5, 5.41) is 4.15. The molecule has 0 spiro atoms. The number of hydrogen-bond acceptors (Lipinski definition) is 3. The van der Waals surface area contributed by atoms with Gasteiger partial charge in [0, 0.05) is 24.2 Å². The molecule has 0 saturated carbocycles. The van der Waals surface area contributed by atoms with Crippen molar-refractivity contribution in [2.75, 3.05) is 26.5 Å². The first kappa shape index (κ1) is 12.9. The maximum atomic E-state index is 5.13. The largest absolute Gasteiger partial charge is 0.384 e. The maximum absolute atomic E-state index is 5.13. The topological polar surface area (TPSA) is 21.3 Å². The standard InChI is InChI=1S/C14H21NOS/c1-15-14-12-6-4-3-5-11(12)7-8-13(14)17-10-9-16-2/h3-6,13-15H,7-10H2,1-2H3. The highest BCUT2D eigenvalue weighted by atomic mass is 32.2. The Morgan fingerprint density at radius 3 is 3.00 bits per heavy atom. The predicted molar refractivity (Wildman–Crippen MR) is 74.7 cm³/mol. The van der Waals surface area contributed by atoms with Crippen LogP contribution in [0.25, 0.3) is 0 Å². The number of ether oxygens (including phenoxy) is 1. The van der Waals surface area contributed by atoms with E-state index in [4.69, 9.17) is 4.74 Å². The Hall–Kier alpha value is -0.510. The average Bonchev–Trinajstić information content (AvgIpc) is 2.38. The highest BCUT2D eigenvalue weighted by Gasteiger charge is 2.28. The Kier molecular flexibility index (Phi) is 4.89. The first-order valence-corrected chi connectivity index (χ1v) is 7.27. The highest BCUT2D eigenvalue weighted by Crippen LogP contribution is 2.36. The molecule has 1 N–H and O–H groups in total. The van der Waals surface area contributed by atoms with Gasteiger partial charge in [-0.05, 0) is 31.0 Å². The highest BCUT2D eigenvalue weighted by molar-refractivity contribution is 7.99. The molecule has 0 fully saturated rings. The van der Waals surface area contributed by atoms with Crippen molar-refractivity contribution in [2.24, 2.45) is 0 Å². The first-order valence-electron chi connectivity index (χ1n) is 6.22. The summed E-state index contributed by atoms with van der Waals surface area (Å²) in [4.78, 5) is 0. The number of benzene rings is 1. The molecule has 1 aromatic rings. The fourth-order valence-electron chi connectivity index (χ4n) is 2.53. The van der Waals surface area contributed by atoms with Crippen molar-refractivity contribution < 1.29 is 4.74 Å². The number of fused-ring (bicyclic) bond motifs is 1. The van der Waals surface area contributed by atoms with Gasteiger partial charge in [0.15, 0.2) is 0 Å². The number of nitrogens with one attached hydrogen (secondary N) is 1. The fourth-order valence-corrected chi connectivity index (χ4v) is 3.86. The zero-order valence-corrected chi connectivity index (χ0v) is 11.4. The summed E-state index contributed by atoms with van der Waals surface area (Å²) in [6.07, 6.45) is 2.47. The Labute approximate surface area is 108 Å². The minimum absolute atomic E-state index is 0.488. The third kappa shape index (κ3) is 3.03. The molecule has 0 radical (unpaired) electrons. The van der Waals surface area contributed by atoms with E-state index in [0.29, 0.717) is 11.3 Å². The minimum atomic E-state index is 0.488. The lowest BCUT2D eigenvalue weighted by molar-refractivity contribution is 0.218. The third-order valence-electron chi connectivity index (χ3n) is 3.39. The molecule has 0 heterocycles. The number of hydrogen-bond donors (Lipinski definition) is 1. The second-order valence-corrected chi connectivity index (χ2v) is 5.75. The zero-order chi connectivity index (χ0) is 12.1. The number of thioether (sulfide) groups is 1. The van der Waals surface area contributed by atoms with E-state index in [1.807, 2.05) is 11.8 Å². The van der Waals surface area contributed by atoms with E-state index >= 15 is 0 Å². The molecule has 1 aromatic carbocycles. The molecule has 0 aliphatic heterocycles. The Morgan fingerprint density at radius 2 is 2.24 bits per heavy atom. The average molecular weight is 251 g/mol. The van der Waals surface area contributed by atoms with Crippen LogP contribution in [0.3, 0.4) is 0 Å². The molecule has 0 amide bonds. The number of rotatable bonds is 5. The SMILES string of the molecule is CNC1c2ccccc2CCC1SCCOC. The van der Waals surface area contributed by atoms with E-state index in [0.717, 1.165) is 12.4 Å². The Bertz CT molecular complexity index is 356. The van der Waals surface area contributed by atoms with Crippen molar-refractivity contribution >= 4 is 11.8 Å². The van der Waals surface area contributed by atoms with Crippen molar-refractivity contribution in [1.82, 2.24) is 5.32 Å². The number of aryl methyl sites for hydroxylation is 1. The summed E-state index contributed by atoms with van der Waals surface area (Å²) in [6.45, 7) is 0.846. The molecule has 1 aliphatic carbocycles. The van der Waals surface area contributed by atoms with E-state index in [9.17, 15) is 0 Å². The minimum Gasteiger partial charge on any atom is -0.384 e. The van der Waals surface area contributed by atoms with E-state index in [1.165, 1.54) is 24.0 Å². The summed E-state index contributed by atoms with van der Waals surface area (Å²) in [7, 11) is 3.84. The van der Waals surface area contributed by atoms with Gasteiger partial charge in [0.2, 0.25) is 0 Å². The zero-order valence-electron chi connectivity index (χ0n) is 10.6. The van der Waals surface area contributed by atoms with E-state index in [2.05, 4.69) is 36.6 Å². The molecule has 1 aliphatic rings. The van der Waals surface area contributed by atoms with Crippen LogP contribution in [0.2, 0.25) is 0 Å². The van der Waals surface area contributed by atoms with Gasteiger partial charge in [-0.15, -0.1) is 0 Å². The second kappa shape index (κ2) is 6.43. The van der Waals surface area contributed by atoms with Crippen LogP contribution in [0.5, 0.6) is 0 Å². The molecule has 3 heteroatoms. The molecule has 2 rings (SSSR count).